The maximum absolute atomic E-state index is 14.3. The minimum absolute atomic E-state index is 0.0209. The molecule has 0 unspecified atom stereocenters. The highest BCUT2D eigenvalue weighted by Crippen LogP contribution is 2.42. The second-order valence-electron chi connectivity index (χ2n) is 12.5. The Labute approximate surface area is 246 Å². The SMILES string of the molecule is CN1C(=O)c2cc(F)ccc2OC[C@@H]2C[C@@](CC[Si](C)(C)C)(C(=O)O)CN2C(=O)CC[C@H]1C(=O)OCc1ccccc1. The summed E-state index contributed by atoms with van der Waals surface area (Å²) in [7, 11) is -0.174. The molecule has 42 heavy (non-hydrogen) atoms. The number of esters is 1. The third-order valence-corrected chi connectivity index (χ3v) is 9.94. The third kappa shape index (κ3) is 7.18. The van der Waals surface area contributed by atoms with Gasteiger partial charge in [-0.3, -0.25) is 14.4 Å². The summed E-state index contributed by atoms with van der Waals surface area (Å²) in [6.07, 6.45) is 0.485. The number of hydrogen-bond donors (Lipinski definition) is 1. The van der Waals surface area contributed by atoms with Crippen molar-refractivity contribution in [2.45, 2.75) is 70.1 Å². The lowest BCUT2D eigenvalue weighted by atomic mass is 9.83. The molecule has 0 aliphatic carbocycles. The lowest BCUT2D eigenvalue weighted by molar-refractivity contribution is -0.150. The molecule has 226 valence electrons. The molecule has 2 heterocycles. The Bertz CT molecular complexity index is 1330. The maximum Gasteiger partial charge on any atom is 0.329 e. The number of halogens is 1. The highest BCUT2D eigenvalue weighted by molar-refractivity contribution is 6.76. The maximum atomic E-state index is 14.3. The topological polar surface area (TPSA) is 113 Å². The van der Waals surface area contributed by atoms with E-state index in [0.29, 0.717) is 6.42 Å². The highest BCUT2D eigenvalue weighted by Gasteiger charge is 2.51. The van der Waals surface area contributed by atoms with Gasteiger partial charge in [0, 0.05) is 28.1 Å². The number of carbonyl (C=O) groups excluding carboxylic acids is 3. The monoisotopic (exact) mass is 598 g/mol. The molecular weight excluding hydrogens is 559 g/mol. The first-order valence-electron chi connectivity index (χ1n) is 14.2. The second-order valence-corrected chi connectivity index (χ2v) is 18.2. The quantitative estimate of drug-likeness (QED) is 0.367. The number of nitrogens with zero attached hydrogens (tertiary/aromatic N) is 2. The first-order chi connectivity index (χ1) is 19.8. The van der Waals surface area contributed by atoms with Gasteiger partial charge < -0.3 is 24.4 Å². The van der Waals surface area contributed by atoms with Gasteiger partial charge in [0.25, 0.3) is 5.91 Å². The van der Waals surface area contributed by atoms with Crippen LogP contribution < -0.4 is 4.74 Å². The molecule has 2 aliphatic heterocycles. The number of aliphatic carboxylic acids is 1. The largest absolute Gasteiger partial charge is 0.491 e. The molecule has 1 N–H and O–H groups in total. The van der Waals surface area contributed by atoms with Crippen LogP contribution in [0.1, 0.15) is 41.6 Å². The molecule has 2 amide bonds. The van der Waals surface area contributed by atoms with Gasteiger partial charge in [0.2, 0.25) is 5.91 Å². The van der Waals surface area contributed by atoms with Crippen LogP contribution in [0.3, 0.4) is 0 Å². The summed E-state index contributed by atoms with van der Waals surface area (Å²) in [5.41, 5.74) is -0.442. The van der Waals surface area contributed by atoms with Crippen molar-refractivity contribution in [3.05, 3.63) is 65.5 Å². The number of amides is 2. The number of likely N-dealkylation sites (N-methyl/N-ethyl adjacent to an activating group) is 1. The van der Waals surface area contributed by atoms with Crippen LogP contribution in [0.4, 0.5) is 4.39 Å². The predicted molar refractivity (Wildman–Crippen MR) is 156 cm³/mol. The van der Waals surface area contributed by atoms with E-state index in [9.17, 15) is 28.7 Å². The van der Waals surface area contributed by atoms with Gasteiger partial charge in [-0.2, -0.15) is 0 Å². The molecule has 9 nitrogen and oxygen atoms in total. The zero-order chi connectivity index (χ0) is 30.7. The molecule has 0 saturated carbocycles. The first-order valence-corrected chi connectivity index (χ1v) is 17.9. The molecule has 1 saturated heterocycles. The van der Waals surface area contributed by atoms with Crippen molar-refractivity contribution in [1.82, 2.24) is 9.80 Å². The average Bonchev–Trinajstić information content (AvgIpc) is 3.34. The van der Waals surface area contributed by atoms with Crippen molar-refractivity contribution in [2.75, 3.05) is 20.2 Å². The number of rotatable bonds is 7. The molecule has 2 aromatic rings. The molecule has 0 aromatic heterocycles. The number of benzene rings is 2. The molecule has 0 spiro atoms. The Morgan fingerprint density at radius 3 is 2.52 bits per heavy atom. The average molecular weight is 599 g/mol. The molecule has 11 heteroatoms. The Kier molecular flexibility index (Phi) is 9.39. The summed E-state index contributed by atoms with van der Waals surface area (Å²) in [5.74, 6) is -3.19. The Balaban J connectivity index is 1.66. The van der Waals surface area contributed by atoms with Crippen LogP contribution in [0.25, 0.3) is 0 Å². The predicted octanol–water partition coefficient (Wildman–Crippen LogP) is 4.58. The smallest absolute Gasteiger partial charge is 0.329 e. The number of hydrogen-bond acceptors (Lipinski definition) is 6. The molecule has 0 bridgehead atoms. The van der Waals surface area contributed by atoms with Gasteiger partial charge in [-0.05, 0) is 43.0 Å². The van der Waals surface area contributed by atoms with E-state index in [4.69, 9.17) is 9.47 Å². The zero-order valence-electron chi connectivity index (χ0n) is 24.6. The third-order valence-electron chi connectivity index (χ3n) is 8.19. The van der Waals surface area contributed by atoms with Crippen LogP contribution in [0.2, 0.25) is 25.7 Å². The first kappa shape index (κ1) is 31.2. The Hall–Kier alpha value is -3.73. The normalized spacial score (nSPS) is 23.3. The van der Waals surface area contributed by atoms with Gasteiger partial charge in [-0.1, -0.05) is 56.0 Å². The fraction of sp³-hybridized carbons (Fsp3) is 0.484. The molecule has 3 atom stereocenters. The minimum atomic E-state index is -1.58. The van der Waals surface area contributed by atoms with Crippen LogP contribution >= 0.6 is 0 Å². The number of carboxylic acid groups (broad SMARTS) is 1. The molecule has 2 aromatic carbocycles. The van der Waals surface area contributed by atoms with Gasteiger partial charge in [-0.15, -0.1) is 0 Å². The molecule has 0 radical (unpaired) electrons. The van der Waals surface area contributed by atoms with Crippen LogP contribution in [0.15, 0.2) is 48.5 Å². The lowest BCUT2D eigenvalue weighted by Gasteiger charge is -2.31. The lowest BCUT2D eigenvalue weighted by Crippen LogP contribution is -2.46. The molecule has 1 fully saturated rings. The summed E-state index contributed by atoms with van der Waals surface area (Å²) in [4.78, 5) is 55.9. The summed E-state index contributed by atoms with van der Waals surface area (Å²) in [6.45, 7) is 6.50. The zero-order valence-corrected chi connectivity index (χ0v) is 25.6. The fourth-order valence-corrected chi connectivity index (χ4v) is 6.82. The van der Waals surface area contributed by atoms with Crippen molar-refractivity contribution in [2.24, 2.45) is 5.41 Å². The van der Waals surface area contributed by atoms with Crippen molar-refractivity contribution >= 4 is 31.8 Å². The number of fused-ring (bicyclic) bond motifs is 2. The van der Waals surface area contributed by atoms with Crippen molar-refractivity contribution in [1.29, 1.82) is 0 Å². The van der Waals surface area contributed by atoms with Crippen LogP contribution in [0, 0.1) is 11.2 Å². The van der Waals surface area contributed by atoms with E-state index in [1.54, 1.807) is 17.0 Å². The standard InChI is InChI=1S/C31H39FN2O7Si/c1-33-25(29(37)41-18-21-8-6-5-7-9-21)11-13-27(35)34-20-31(30(38)39,14-15-42(2,3)4)17-23(34)19-40-26-12-10-22(32)16-24(26)28(33)36/h5-10,12,16,23,25H,11,13-15,17-20H2,1-4H3,(H,38,39)/t23-,25-,31+/m0/s1. The van der Waals surface area contributed by atoms with E-state index in [2.05, 4.69) is 19.6 Å². The van der Waals surface area contributed by atoms with Crippen LogP contribution in [-0.4, -0.2) is 79.0 Å². The number of ether oxygens (including phenoxy) is 2. The molecule has 2 aliphatic rings. The van der Waals surface area contributed by atoms with Gasteiger partial charge in [0.1, 0.15) is 30.8 Å². The van der Waals surface area contributed by atoms with E-state index in [0.717, 1.165) is 28.6 Å². The van der Waals surface area contributed by atoms with E-state index >= 15 is 0 Å². The van der Waals surface area contributed by atoms with Crippen molar-refractivity contribution in [3.63, 3.8) is 0 Å². The van der Waals surface area contributed by atoms with Gasteiger partial charge >= 0.3 is 11.9 Å². The van der Waals surface area contributed by atoms with E-state index < -0.39 is 49.2 Å². The minimum Gasteiger partial charge on any atom is -0.491 e. The van der Waals surface area contributed by atoms with Gasteiger partial charge in [0.15, 0.2) is 0 Å². The van der Waals surface area contributed by atoms with Crippen LogP contribution in [-0.2, 0) is 25.7 Å². The van der Waals surface area contributed by atoms with Crippen LogP contribution in [0.5, 0.6) is 5.75 Å². The second kappa shape index (κ2) is 12.6. The number of carbonyl (C=O) groups is 4. The van der Waals surface area contributed by atoms with E-state index in [1.807, 2.05) is 18.2 Å². The molecule has 4 rings (SSSR count). The van der Waals surface area contributed by atoms with Gasteiger partial charge in [0.05, 0.1) is 17.0 Å². The van der Waals surface area contributed by atoms with E-state index in [1.165, 1.54) is 13.1 Å². The van der Waals surface area contributed by atoms with E-state index in [-0.39, 0.29) is 56.2 Å². The van der Waals surface area contributed by atoms with Crippen molar-refractivity contribution in [3.8, 4) is 5.75 Å². The Morgan fingerprint density at radius 2 is 1.86 bits per heavy atom. The summed E-state index contributed by atoms with van der Waals surface area (Å²) in [5, 5.41) is 10.3. The summed E-state index contributed by atoms with van der Waals surface area (Å²) < 4.78 is 25.9. The molecular formula is C31H39FN2O7Si. The fourth-order valence-electron chi connectivity index (χ4n) is 5.59. The highest BCUT2D eigenvalue weighted by atomic mass is 28.3. The van der Waals surface area contributed by atoms with Gasteiger partial charge in [-0.25, -0.2) is 9.18 Å². The summed E-state index contributed by atoms with van der Waals surface area (Å²) >= 11 is 0. The number of carboxylic acids is 1. The van der Waals surface area contributed by atoms with Crippen molar-refractivity contribution < 1.29 is 38.1 Å². The summed E-state index contributed by atoms with van der Waals surface area (Å²) in [6, 6.07) is 11.7. The Morgan fingerprint density at radius 1 is 1.14 bits per heavy atom.